The van der Waals surface area contributed by atoms with Gasteiger partial charge in [-0.3, -0.25) is 0 Å². The number of hydrogen-bond donors (Lipinski definition) is 2. The van der Waals surface area contributed by atoms with Crippen molar-refractivity contribution in [2.75, 3.05) is 24.9 Å². The number of allylic oxidation sites excluding steroid dienone is 1. The van der Waals surface area contributed by atoms with Crippen molar-refractivity contribution in [3.05, 3.63) is 81.5 Å². The van der Waals surface area contributed by atoms with Crippen molar-refractivity contribution in [1.82, 2.24) is 0 Å². The second-order valence-corrected chi connectivity index (χ2v) is 7.39. The van der Waals surface area contributed by atoms with Crippen molar-refractivity contribution >= 4 is 46.5 Å². The van der Waals surface area contributed by atoms with E-state index < -0.39 is 18.0 Å². The van der Waals surface area contributed by atoms with Gasteiger partial charge in [-0.2, -0.15) is 0 Å². The molecule has 1 aliphatic rings. The molecule has 3 rings (SSSR count). The Labute approximate surface area is 184 Å². The Balaban J connectivity index is 1.98. The first-order valence-electron chi connectivity index (χ1n) is 9.07. The quantitative estimate of drug-likeness (QED) is 0.619. The Bertz CT molecular complexity index is 999. The van der Waals surface area contributed by atoms with Gasteiger partial charge in [-0.25, -0.2) is 9.59 Å². The number of halogens is 2. The van der Waals surface area contributed by atoms with E-state index in [0.29, 0.717) is 32.6 Å². The zero-order valence-electron chi connectivity index (χ0n) is 16.4. The summed E-state index contributed by atoms with van der Waals surface area (Å²) in [5.74, 6) is -0.990. The molecule has 0 spiro atoms. The molecule has 0 aromatic heterocycles. The summed E-state index contributed by atoms with van der Waals surface area (Å²) in [5.41, 5.74) is 2.68. The molecule has 0 saturated heterocycles. The minimum absolute atomic E-state index is 0.214. The SMILES string of the molecule is COC(=O)C1=CC(Nc2ccc(Cl)cc2)=C(C(=O)OC)CC1Nc1ccc(Cl)cc1. The molecule has 8 heteroatoms. The summed E-state index contributed by atoms with van der Waals surface area (Å²) in [4.78, 5) is 25.0. The number of anilines is 2. The molecule has 1 atom stereocenters. The summed E-state index contributed by atoms with van der Waals surface area (Å²) in [5, 5.41) is 7.61. The molecular formula is C22H20Cl2N2O4. The van der Waals surface area contributed by atoms with E-state index in [2.05, 4.69) is 10.6 Å². The number of hydrogen-bond acceptors (Lipinski definition) is 6. The first-order valence-corrected chi connectivity index (χ1v) is 9.83. The van der Waals surface area contributed by atoms with Gasteiger partial charge in [-0.05, 0) is 54.6 Å². The van der Waals surface area contributed by atoms with Crippen LogP contribution in [-0.2, 0) is 19.1 Å². The maximum absolute atomic E-state index is 12.5. The highest BCUT2D eigenvalue weighted by molar-refractivity contribution is 6.30. The highest BCUT2D eigenvalue weighted by Crippen LogP contribution is 2.30. The normalized spacial score (nSPS) is 15.9. The fourth-order valence-corrected chi connectivity index (χ4v) is 3.33. The van der Waals surface area contributed by atoms with E-state index in [1.54, 1.807) is 54.6 Å². The monoisotopic (exact) mass is 446 g/mol. The van der Waals surface area contributed by atoms with Crippen molar-refractivity contribution < 1.29 is 19.1 Å². The largest absolute Gasteiger partial charge is 0.466 e. The highest BCUT2D eigenvalue weighted by Gasteiger charge is 2.32. The topological polar surface area (TPSA) is 76.7 Å². The van der Waals surface area contributed by atoms with Crippen LogP contribution in [0, 0.1) is 0 Å². The maximum Gasteiger partial charge on any atom is 0.335 e. The standard InChI is InChI=1S/C22H20Cl2N2O4/c1-29-21(27)17-11-20(26-16-9-5-14(24)6-10-16)18(22(28)30-2)12-19(17)25-15-7-3-13(23)4-8-15/h3-11,19,25-26H,12H2,1-2H3. The lowest BCUT2D eigenvalue weighted by Gasteiger charge is -2.28. The summed E-state index contributed by atoms with van der Waals surface area (Å²) in [7, 11) is 2.63. The fourth-order valence-electron chi connectivity index (χ4n) is 3.08. The Morgan fingerprint density at radius 1 is 0.867 bits per heavy atom. The van der Waals surface area contributed by atoms with Crippen molar-refractivity contribution in [2.24, 2.45) is 0 Å². The van der Waals surface area contributed by atoms with Gasteiger partial charge in [0.25, 0.3) is 0 Å². The summed E-state index contributed by atoms with van der Waals surface area (Å²) >= 11 is 11.9. The Morgan fingerprint density at radius 2 is 1.40 bits per heavy atom. The molecule has 1 unspecified atom stereocenters. The summed E-state index contributed by atoms with van der Waals surface area (Å²) in [6.07, 6.45) is 1.82. The Kier molecular flexibility index (Phi) is 7.03. The van der Waals surface area contributed by atoms with Crippen molar-refractivity contribution in [3.63, 3.8) is 0 Å². The lowest BCUT2D eigenvalue weighted by molar-refractivity contribution is -0.138. The maximum atomic E-state index is 12.5. The zero-order chi connectivity index (χ0) is 21.7. The molecule has 6 nitrogen and oxygen atoms in total. The number of carbonyl (C=O) groups excluding carboxylic acids is 2. The van der Waals surface area contributed by atoms with Crippen LogP contribution in [0.2, 0.25) is 10.0 Å². The van der Waals surface area contributed by atoms with E-state index in [9.17, 15) is 9.59 Å². The predicted molar refractivity (Wildman–Crippen MR) is 118 cm³/mol. The Hall–Kier alpha value is -2.96. The summed E-state index contributed by atoms with van der Waals surface area (Å²) in [6.45, 7) is 0. The van der Waals surface area contributed by atoms with Gasteiger partial charge in [0.2, 0.25) is 0 Å². The molecule has 2 N–H and O–H groups in total. The average molecular weight is 447 g/mol. The molecule has 30 heavy (non-hydrogen) atoms. The lowest BCUT2D eigenvalue weighted by atomic mass is 9.90. The van der Waals surface area contributed by atoms with Gasteiger partial charge in [0.1, 0.15) is 0 Å². The predicted octanol–water partition coefficient (Wildman–Crippen LogP) is 4.82. The third kappa shape index (κ3) is 5.14. The van der Waals surface area contributed by atoms with Crippen LogP contribution >= 0.6 is 23.2 Å². The number of nitrogens with one attached hydrogen (secondary N) is 2. The zero-order valence-corrected chi connectivity index (χ0v) is 17.9. The molecule has 0 fully saturated rings. The van der Waals surface area contributed by atoms with Crippen LogP contribution in [0.1, 0.15) is 6.42 Å². The van der Waals surface area contributed by atoms with Crippen molar-refractivity contribution in [2.45, 2.75) is 12.5 Å². The van der Waals surface area contributed by atoms with Gasteiger partial charge in [-0.1, -0.05) is 23.2 Å². The molecule has 0 aliphatic heterocycles. The Morgan fingerprint density at radius 3 is 1.93 bits per heavy atom. The van der Waals surface area contributed by atoms with E-state index in [1.165, 1.54) is 14.2 Å². The molecule has 0 bridgehead atoms. The molecular weight excluding hydrogens is 427 g/mol. The fraction of sp³-hybridized carbons (Fsp3) is 0.182. The van der Waals surface area contributed by atoms with Crippen molar-refractivity contribution in [1.29, 1.82) is 0 Å². The highest BCUT2D eigenvalue weighted by atomic mass is 35.5. The summed E-state index contributed by atoms with van der Waals surface area (Å²) in [6, 6.07) is 13.5. The average Bonchev–Trinajstić information content (AvgIpc) is 2.76. The molecule has 156 valence electrons. The van der Waals surface area contributed by atoms with Crippen LogP contribution in [0.3, 0.4) is 0 Å². The third-order valence-electron chi connectivity index (χ3n) is 4.57. The number of methoxy groups -OCH3 is 2. The first kappa shape index (κ1) is 21.7. The number of esters is 2. The number of benzene rings is 2. The lowest BCUT2D eigenvalue weighted by Crippen LogP contribution is -2.33. The van der Waals surface area contributed by atoms with Crippen LogP contribution in [-0.4, -0.2) is 32.2 Å². The van der Waals surface area contributed by atoms with Crippen LogP contribution in [0.25, 0.3) is 0 Å². The van der Waals surface area contributed by atoms with Crippen LogP contribution < -0.4 is 10.6 Å². The molecule has 2 aromatic carbocycles. The number of carbonyl (C=O) groups is 2. The van der Waals surface area contributed by atoms with E-state index in [1.807, 2.05) is 0 Å². The van der Waals surface area contributed by atoms with Crippen LogP contribution in [0.5, 0.6) is 0 Å². The molecule has 0 saturated carbocycles. The van der Waals surface area contributed by atoms with Gasteiger partial charge in [-0.15, -0.1) is 0 Å². The molecule has 0 radical (unpaired) electrons. The number of rotatable bonds is 6. The van der Waals surface area contributed by atoms with Gasteiger partial charge in [0.05, 0.1) is 31.4 Å². The molecule has 0 heterocycles. The van der Waals surface area contributed by atoms with Crippen LogP contribution in [0.4, 0.5) is 11.4 Å². The van der Waals surface area contributed by atoms with E-state index in [-0.39, 0.29) is 6.42 Å². The van der Waals surface area contributed by atoms with Gasteiger partial charge in [0.15, 0.2) is 0 Å². The molecule has 1 aliphatic carbocycles. The van der Waals surface area contributed by atoms with E-state index >= 15 is 0 Å². The van der Waals surface area contributed by atoms with Crippen LogP contribution in [0.15, 0.2) is 71.5 Å². The number of ether oxygens (including phenoxy) is 2. The molecule has 2 aromatic rings. The van der Waals surface area contributed by atoms with E-state index in [0.717, 1.165) is 5.69 Å². The van der Waals surface area contributed by atoms with Crippen molar-refractivity contribution in [3.8, 4) is 0 Å². The van der Waals surface area contributed by atoms with E-state index in [4.69, 9.17) is 32.7 Å². The first-order chi connectivity index (χ1) is 14.4. The second-order valence-electron chi connectivity index (χ2n) is 6.51. The molecule has 0 amide bonds. The third-order valence-corrected chi connectivity index (χ3v) is 5.07. The van der Waals surface area contributed by atoms with Gasteiger partial charge in [0, 0.05) is 33.5 Å². The van der Waals surface area contributed by atoms with Gasteiger partial charge < -0.3 is 20.1 Å². The minimum atomic E-state index is -0.499. The summed E-state index contributed by atoms with van der Waals surface area (Å²) < 4.78 is 9.93. The minimum Gasteiger partial charge on any atom is -0.466 e. The smallest absolute Gasteiger partial charge is 0.335 e. The second kappa shape index (κ2) is 9.69. The van der Waals surface area contributed by atoms with Gasteiger partial charge >= 0.3 is 11.9 Å².